The van der Waals surface area contributed by atoms with Crippen molar-refractivity contribution in [3.8, 4) is 0 Å². The standard InChI is InChI=1S/C16H19BrFNS/c1-4-7-19-16(15-9-13(17)11(3)20-15)12-6-5-10(2)8-14(12)18/h5-6,8-9,16,19H,4,7H2,1-3H3. The van der Waals surface area contributed by atoms with Crippen molar-refractivity contribution >= 4 is 27.3 Å². The highest BCUT2D eigenvalue weighted by molar-refractivity contribution is 9.10. The summed E-state index contributed by atoms with van der Waals surface area (Å²) < 4.78 is 15.4. The van der Waals surface area contributed by atoms with Gasteiger partial charge in [0.1, 0.15) is 5.82 Å². The summed E-state index contributed by atoms with van der Waals surface area (Å²) in [6, 6.07) is 7.47. The molecule has 0 radical (unpaired) electrons. The van der Waals surface area contributed by atoms with E-state index in [4.69, 9.17) is 0 Å². The predicted octanol–water partition coefficient (Wildman–Crippen LogP) is 5.36. The van der Waals surface area contributed by atoms with Gasteiger partial charge in [-0.25, -0.2) is 4.39 Å². The van der Waals surface area contributed by atoms with Gasteiger partial charge in [0, 0.05) is 19.8 Å². The van der Waals surface area contributed by atoms with Gasteiger partial charge in [-0.15, -0.1) is 11.3 Å². The van der Waals surface area contributed by atoms with Crippen LogP contribution in [0.15, 0.2) is 28.7 Å². The van der Waals surface area contributed by atoms with Gasteiger partial charge >= 0.3 is 0 Å². The van der Waals surface area contributed by atoms with Crippen LogP contribution in [-0.2, 0) is 0 Å². The van der Waals surface area contributed by atoms with Crippen LogP contribution in [-0.4, -0.2) is 6.54 Å². The molecule has 0 spiro atoms. The molecule has 0 amide bonds. The van der Waals surface area contributed by atoms with Crippen molar-refractivity contribution in [1.82, 2.24) is 5.32 Å². The zero-order valence-electron chi connectivity index (χ0n) is 12.0. The van der Waals surface area contributed by atoms with Crippen molar-refractivity contribution in [2.24, 2.45) is 0 Å². The summed E-state index contributed by atoms with van der Waals surface area (Å²) >= 11 is 5.25. The molecule has 2 rings (SSSR count). The first kappa shape index (κ1) is 15.7. The predicted molar refractivity (Wildman–Crippen MR) is 88.0 cm³/mol. The van der Waals surface area contributed by atoms with Crippen LogP contribution < -0.4 is 5.32 Å². The second-order valence-electron chi connectivity index (χ2n) is 4.96. The van der Waals surface area contributed by atoms with Crippen LogP contribution in [0.3, 0.4) is 0 Å². The quantitative estimate of drug-likeness (QED) is 0.761. The highest BCUT2D eigenvalue weighted by atomic mass is 79.9. The molecule has 0 aliphatic rings. The summed E-state index contributed by atoms with van der Waals surface area (Å²) in [6.07, 6.45) is 1.02. The molecule has 0 bridgehead atoms. The Bertz CT molecular complexity index is 575. The minimum atomic E-state index is -0.138. The van der Waals surface area contributed by atoms with E-state index in [0.29, 0.717) is 0 Å². The van der Waals surface area contributed by atoms with Crippen LogP contribution in [0.1, 0.15) is 40.3 Å². The molecule has 1 aromatic carbocycles. The van der Waals surface area contributed by atoms with E-state index in [-0.39, 0.29) is 11.9 Å². The van der Waals surface area contributed by atoms with Crippen molar-refractivity contribution in [2.75, 3.05) is 6.54 Å². The van der Waals surface area contributed by atoms with E-state index in [0.717, 1.165) is 33.4 Å². The van der Waals surface area contributed by atoms with Gasteiger partial charge in [0.05, 0.1) is 6.04 Å². The molecule has 2 aromatic rings. The maximum atomic E-state index is 14.3. The molecule has 1 N–H and O–H groups in total. The van der Waals surface area contributed by atoms with Crippen LogP contribution in [0, 0.1) is 19.7 Å². The second-order valence-corrected chi connectivity index (χ2v) is 7.11. The zero-order valence-corrected chi connectivity index (χ0v) is 14.4. The van der Waals surface area contributed by atoms with Crippen LogP contribution in [0.4, 0.5) is 4.39 Å². The van der Waals surface area contributed by atoms with Crippen molar-refractivity contribution in [1.29, 1.82) is 0 Å². The van der Waals surface area contributed by atoms with Crippen LogP contribution in [0.25, 0.3) is 0 Å². The van der Waals surface area contributed by atoms with Crippen LogP contribution in [0.5, 0.6) is 0 Å². The fourth-order valence-corrected chi connectivity index (χ4v) is 3.80. The summed E-state index contributed by atoms with van der Waals surface area (Å²) in [5.41, 5.74) is 1.67. The molecule has 20 heavy (non-hydrogen) atoms. The third kappa shape index (κ3) is 3.48. The number of aryl methyl sites for hydroxylation is 2. The van der Waals surface area contributed by atoms with Crippen molar-refractivity contribution < 1.29 is 4.39 Å². The van der Waals surface area contributed by atoms with E-state index in [2.05, 4.69) is 41.2 Å². The van der Waals surface area contributed by atoms with E-state index < -0.39 is 0 Å². The van der Waals surface area contributed by atoms with Crippen molar-refractivity contribution in [3.05, 3.63) is 55.4 Å². The van der Waals surface area contributed by atoms with Crippen molar-refractivity contribution in [2.45, 2.75) is 33.2 Å². The highest BCUT2D eigenvalue weighted by Gasteiger charge is 2.20. The lowest BCUT2D eigenvalue weighted by Gasteiger charge is -2.18. The zero-order chi connectivity index (χ0) is 14.7. The van der Waals surface area contributed by atoms with Crippen molar-refractivity contribution in [3.63, 3.8) is 0 Å². The number of hydrogen-bond acceptors (Lipinski definition) is 2. The minimum absolute atomic E-state index is 0.0782. The second kappa shape index (κ2) is 6.83. The third-order valence-electron chi connectivity index (χ3n) is 3.23. The van der Waals surface area contributed by atoms with Gasteiger partial charge in [0.25, 0.3) is 0 Å². The Kier molecular flexibility index (Phi) is 5.35. The molecule has 1 unspecified atom stereocenters. The Hall–Kier alpha value is -0.710. The maximum Gasteiger partial charge on any atom is 0.128 e. The highest BCUT2D eigenvalue weighted by Crippen LogP contribution is 2.34. The van der Waals surface area contributed by atoms with E-state index in [1.54, 1.807) is 17.4 Å². The average molecular weight is 356 g/mol. The van der Waals surface area contributed by atoms with Gasteiger partial charge < -0.3 is 5.32 Å². The van der Waals surface area contributed by atoms with E-state index in [1.807, 2.05) is 19.1 Å². The number of benzene rings is 1. The SMILES string of the molecule is CCCNC(c1cc(Br)c(C)s1)c1ccc(C)cc1F. The molecule has 1 aromatic heterocycles. The fourth-order valence-electron chi connectivity index (χ4n) is 2.14. The maximum absolute atomic E-state index is 14.3. The molecular weight excluding hydrogens is 337 g/mol. The lowest BCUT2D eigenvalue weighted by Crippen LogP contribution is -2.23. The fraction of sp³-hybridized carbons (Fsp3) is 0.375. The molecule has 4 heteroatoms. The molecular formula is C16H19BrFNS. The largest absolute Gasteiger partial charge is 0.306 e. The molecule has 0 aliphatic heterocycles. The van der Waals surface area contributed by atoms with E-state index in [1.165, 1.54) is 4.88 Å². The average Bonchev–Trinajstić information content (AvgIpc) is 2.72. The van der Waals surface area contributed by atoms with Crippen LogP contribution in [0.2, 0.25) is 0 Å². The number of hydrogen-bond donors (Lipinski definition) is 1. The Morgan fingerprint density at radius 3 is 2.60 bits per heavy atom. The molecule has 1 atom stereocenters. The first-order chi connectivity index (χ1) is 9.52. The van der Waals surface area contributed by atoms with Gasteiger partial charge in [-0.2, -0.15) is 0 Å². The monoisotopic (exact) mass is 355 g/mol. The molecule has 1 heterocycles. The van der Waals surface area contributed by atoms with Gasteiger partial charge in [-0.1, -0.05) is 19.1 Å². The number of nitrogens with one attached hydrogen (secondary N) is 1. The molecule has 1 nitrogen and oxygen atoms in total. The summed E-state index contributed by atoms with van der Waals surface area (Å²) in [5.74, 6) is -0.138. The Morgan fingerprint density at radius 2 is 2.05 bits per heavy atom. The smallest absolute Gasteiger partial charge is 0.128 e. The normalized spacial score (nSPS) is 12.7. The summed E-state index contributed by atoms with van der Waals surface area (Å²) in [5, 5.41) is 3.45. The number of rotatable bonds is 5. The molecule has 0 saturated heterocycles. The van der Waals surface area contributed by atoms with E-state index in [9.17, 15) is 4.39 Å². The molecule has 0 saturated carbocycles. The molecule has 0 fully saturated rings. The van der Waals surface area contributed by atoms with Gasteiger partial charge in [0.15, 0.2) is 0 Å². The Balaban J connectivity index is 2.41. The topological polar surface area (TPSA) is 12.0 Å². The molecule has 108 valence electrons. The van der Waals surface area contributed by atoms with E-state index >= 15 is 0 Å². The number of halogens is 2. The number of thiophene rings is 1. The van der Waals surface area contributed by atoms with Gasteiger partial charge in [0.2, 0.25) is 0 Å². The molecule has 0 aliphatic carbocycles. The summed E-state index contributed by atoms with van der Waals surface area (Å²) in [6.45, 7) is 6.96. The lowest BCUT2D eigenvalue weighted by molar-refractivity contribution is 0.550. The third-order valence-corrected chi connectivity index (χ3v) is 5.43. The minimum Gasteiger partial charge on any atom is -0.306 e. The first-order valence-corrected chi connectivity index (χ1v) is 8.39. The Morgan fingerprint density at radius 1 is 1.30 bits per heavy atom. The van der Waals surface area contributed by atoms with Crippen LogP contribution >= 0.6 is 27.3 Å². The van der Waals surface area contributed by atoms with Gasteiger partial charge in [-0.05, 0) is 60.4 Å². The summed E-state index contributed by atoms with van der Waals surface area (Å²) in [4.78, 5) is 2.36. The van der Waals surface area contributed by atoms with Gasteiger partial charge in [-0.3, -0.25) is 0 Å². The first-order valence-electron chi connectivity index (χ1n) is 6.78. The summed E-state index contributed by atoms with van der Waals surface area (Å²) in [7, 11) is 0. The lowest BCUT2D eigenvalue weighted by atomic mass is 10.0. The Labute approximate surface area is 132 Å².